The summed E-state index contributed by atoms with van der Waals surface area (Å²) in [5.41, 5.74) is 0.174. The Kier molecular flexibility index (Phi) is 5.21. The fraction of sp³-hybridized carbons (Fsp3) is 0.625. The van der Waals surface area contributed by atoms with Crippen molar-refractivity contribution in [2.45, 2.75) is 83.7 Å². The molecule has 0 aliphatic carbocycles. The summed E-state index contributed by atoms with van der Waals surface area (Å²) in [6, 6.07) is 8.03. The Bertz CT molecular complexity index is 877. The Morgan fingerprint density at radius 1 is 1.03 bits per heavy atom. The van der Waals surface area contributed by atoms with Gasteiger partial charge in [-0.05, 0) is 66.1 Å². The summed E-state index contributed by atoms with van der Waals surface area (Å²) < 4.78 is 24.8. The maximum absolute atomic E-state index is 12.5. The number of para-hydroxylation sites is 1. The van der Waals surface area contributed by atoms with Crippen molar-refractivity contribution < 1.29 is 23.6 Å². The van der Waals surface area contributed by atoms with Crippen LogP contribution in [0.5, 0.6) is 5.75 Å². The first kappa shape index (κ1) is 22.2. The van der Waals surface area contributed by atoms with Gasteiger partial charge in [-0.2, -0.15) is 0 Å². The van der Waals surface area contributed by atoms with Crippen LogP contribution in [0.25, 0.3) is 5.47 Å². The second-order valence-corrected chi connectivity index (χ2v) is 10.8. The molecule has 0 saturated carbocycles. The van der Waals surface area contributed by atoms with Crippen molar-refractivity contribution in [1.82, 2.24) is 4.90 Å². The van der Waals surface area contributed by atoms with E-state index >= 15 is 0 Å². The third-order valence-electron chi connectivity index (χ3n) is 6.70. The average molecular weight is 427 g/mol. The van der Waals surface area contributed by atoms with E-state index in [0.717, 1.165) is 16.8 Å². The van der Waals surface area contributed by atoms with Crippen LogP contribution in [-0.2, 0) is 14.0 Å². The Hall–Kier alpha value is -1.99. The molecule has 3 aliphatic rings. The fourth-order valence-corrected chi connectivity index (χ4v) is 4.21. The van der Waals surface area contributed by atoms with E-state index < -0.39 is 29.5 Å². The number of hydrogen-bond acceptors (Lipinski definition) is 5. The second kappa shape index (κ2) is 7.27. The molecule has 1 spiro atoms. The molecule has 1 amide bonds. The lowest BCUT2D eigenvalue weighted by Gasteiger charge is -2.43. The molecule has 4 rings (SSSR count). The maximum atomic E-state index is 12.5. The van der Waals surface area contributed by atoms with E-state index in [9.17, 15) is 4.79 Å². The number of fused-ring (bicyclic) bond motifs is 1. The van der Waals surface area contributed by atoms with Crippen LogP contribution in [0.4, 0.5) is 4.79 Å². The lowest BCUT2D eigenvalue weighted by Crippen LogP contribution is -2.51. The fourth-order valence-electron chi connectivity index (χ4n) is 4.21. The van der Waals surface area contributed by atoms with Gasteiger partial charge in [0, 0.05) is 31.5 Å². The molecule has 7 heteroatoms. The highest BCUT2D eigenvalue weighted by Crippen LogP contribution is 2.46. The smallest absolute Gasteiger partial charge is 0.482 e. The predicted octanol–water partition coefficient (Wildman–Crippen LogP) is 4.86. The number of piperidine rings is 1. The summed E-state index contributed by atoms with van der Waals surface area (Å²) in [5.74, 6) is 0.834. The lowest BCUT2D eigenvalue weighted by atomic mass is 9.69. The van der Waals surface area contributed by atoms with E-state index in [1.165, 1.54) is 0 Å². The van der Waals surface area contributed by atoms with Gasteiger partial charge in [-0.3, -0.25) is 0 Å². The molecule has 0 unspecified atom stereocenters. The van der Waals surface area contributed by atoms with Crippen LogP contribution in [0.1, 0.15) is 66.9 Å². The molecule has 31 heavy (non-hydrogen) atoms. The highest BCUT2D eigenvalue weighted by atomic mass is 16.7. The SMILES string of the molecule is CC(C)(C)OC(=O)N1CCC2(C=C(B3OC(C)(C)C(C)(C)O3)c3ccccc3O2)CC1. The van der Waals surface area contributed by atoms with Crippen molar-refractivity contribution in [3.63, 3.8) is 0 Å². The molecule has 3 aliphatic heterocycles. The Morgan fingerprint density at radius 3 is 2.19 bits per heavy atom. The summed E-state index contributed by atoms with van der Waals surface area (Å²) in [4.78, 5) is 14.3. The van der Waals surface area contributed by atoms with E-state index in [-0.39, 0.29) is 6.09 Å². The highest BCUT2D eigenvalue weighted by molar-refractivity contribution is 6.69. The molecular weight excluding hydrogens is 393 g/mol. The summed E-state index contributed by atoms with van der Waals surface area (Å²) in [7, 11) is -0.462. The van der Waals surface area contributed by atoms with Crippen LogP contribution in [-0.4, -0.2) is 53.6 Å². The predicted molar refractivity (Wildman–Crippen MR) is 121 cm³/mol. The monoisotopic (exact) mass is 427 g/mol. The molecule has 2 fully saturated rings. The van der Waals surface area contributed by atoms with E-state index in [1.807, 2.05) is 39.0 Å². The van der Waals surface area contributed by atoms with Crippen molar-refractivity contribution in [2.75, 3.05) is 13.1 Å². The summed E-state index contributed by atoms with van der Waals surface area (Å²) in [6.45, 7) is 15.1. The molecule has 2 saturated heterocycles. The minimum absolute atomic E-state index is 0.270. The van der Waals surface area contributed by atoms with Crippen LogP contribution < -0.4 is 4.74 Å². The molecule has 0 atom stereocenters. The average Bonchev–Trinajstić information content (AvgIpc) is 2.87. The van der Waals surface area contributed by atoms with Crippen molar-refractivity contribution in [1.29, 1.82) is 0 Å². The van der Waals surface area contributed by atoms with Gasteiger partial charge < -0.3 is 23.7 Å². The van der Waals surface area contributed by atoms with E-state index in [0.29, 0.717) is 25.9 Å². The van der Waals surface area contributed by atoms with Gasteiger partial charge in [-0.25, -0.2) is 4.79 Å². The van der Waals surface area contributed by atoms with Crippen LogP contribution in [0.3, 0.4) is 0 Å². The normalized spacial score (nSPS) is 23.8. The molecule has 0 radical (unpaired) electrons. The number of ether oxygens (including phenoxy) is 2. The molecule has 3 heterocycles. The summed E-state index contributed by atoms with van der Waals surface area (Å²) in [6.07, 6.45) is 3.27. The molecule has 168 valence electrons. The molecule has 1 aromatic rings. The molecule has 0 aromatic heterocycles. The van der Waals surface area contributed by atoms with Crippen molar-refractivity contribution >= 4 is 18.7 Å². The van der Waals surface area contributed by atoms with Crippen LogP contribution in [0.15, 0.2) is 30.3 Å². The van der Waals surface area contributed by atoms with Crippen LogP contribution in [0, 0.1) is 0 Å². The number of carbonyl (C=O) groups is 1. The first-order chi connectivity index (χ1) is 14.3. The standard InChI is InChI=1S/C24H34BNO5/c1-21(2,3)29-20(27)26-14-12-24(13-15-26)16-18(17-10-8-9-11-19(17)28-24)25-30-22(4,5)23(6,7)31-25/h8-11,16H,12-15H2,1-7H3. The van der Waals surface area contributed by atoms with Crippen LogP contribution in [0.2, 0.25) is 0 Å². The van der Waals surface area contributed by atoms with Gasteiger partial charge >= 0.3 is 13.2 Å². The van der Waals surface area contributed by atoms with Gasteiger partial charge in [0.25, 0.3) is 0 Å². The van der Waals surface area contributed by atoms with Gasteiger partial charge in [0.2, 0.25) is 0 Å². The number of carbonyl (C=O) groups excluding carboxylic acids is 1. The number of rotatable bonds is 1. The zero-order valence-electron chi connectivity index (χ0n) is 19.8. The number of benzene rings is 1. The van der Waals surface area contributed by atoms with E-state index in [2.05, 4.69) is 39.8 Å². The third-order valence-corrected chi connectivity index (χ3v) is 6.70. The first-order valence-corrected chi connectivity index (χ1v) is 11.2. The molecule has 0 N–H and O–H groups in total. The number of nitrogens with zero attached hydrogens (tertiary/aromatic N) is 1. The highest BCUT2D eigenvalue weighted by Gasteiger charge is 2.54. The minimum Gasteiger partial charge on any atom is -0.482 e. The zero-order valence-corrected chi connectivity index (χ0v) is 19.8. The number of hydrogen-bond donors (Lipinski definition) is 0. The third kappa shape index (κ3) is 4.22. The number of amides is 1. The number of likely N-dealkylation sites (tertiary alicyclic amines) is 1. The topological polar surface area (TPSA) is 57.2 Å². The molecule has 6 nitrogen and oxygen atoms in total. The summed E-state index contributed by atoms with van der Waals surface area (Å²) >= 11 is 0. The quantitative estimate of drug-likeness (QED) is 0.599. The first-order valence-electron chi connectivity index (χ1n) is 11.2. The minimum atomic E-state index is -0.504. The molecule has 0 bridgehead atoms. The lowest BCUT2D eigenvalue weighted by molar-refractivity contribution is -0.00119. The van der Waals surface area contributed by atoms with Crippen molar-refractivity contribution in [2.24, 2.45) is 0 Å². The van der Waals surface area contributed by atoms with Gasteiger partial charge in [0.05, 0.1) is 11.2 Å². The second-order valence-electron chi connectivity index (χ2n) is 10.8. The van der Waals surface area contributed by atoms with E-state index in [1.54, 1.807) is 4.90 Å². The molecular formula is C24H34BNO5. The van der Waals surface area contributed by atoms with Crippen LogP contribution >= 0.6 is 0 Å². The Labute approximate surface area is 186 Å². The Balaban J connectivity index is 1.59. The van der Waals surface area contributed by atoms with Crippen molar-refractivity contribution in [3.05, 3.63) is 35.9 Å². The maximum Gasteiger partial charge on any atom is 0.495 e. The van der Waals surface area contributed by atoms with Gasteiger partial charge in [0.1, 0.15) is 17.0 Å². The molecule has 1 aromatic carbocycles. The van der Waals surface area contributed by atoms with Crippen molar-refractivity contribution in [3.8, 4) is 5.75 Å². The zero-order chi connectivity index (χ0) is 22.7. The Morgan fingerprint density at radius 2 is 1.61 bits per heavy atom. The summed E-state index contributed by atoms with van der Waals surface area (Å²) in [5, 5.41) is 0. The van der Waals surface area contributed by atoms with Gasteiger partial charge in [0.15, 0.2) is 0 Å². The van der Waals surface area contributed by atoms with E-state index in [4.69, 9.17) is 18.8 Å². The van der Waals surface area contributed by atoms with Gasteiger partial charge in [-0.15, -0.1) is 0 Å². The largest absolute Gasteiger partial charge is 0.495 e. The van der Waals surface area contributed by atoms with Gasteiger partial charge in [-0.1, -0.05) is 18.2 Å².